The number of hydrogen-bond donors (Lipinski definition) is 3. The Hall–Kier alpha value is -1.76. The third kappa shape index (κ3) is 2.40. The lowest BCUT2D eigenvalue weighted by molar-refractivity contribution is -0.143. The van der Waals surface area contributed by atoms with Gasteiger partial charge < -0.3 is 15.4 Å². The van der Waals surface area contributed by atoms with Gasteiger partial charge in [0, 0.05) is 11.8 Å². The van der Waals surface area contributed by atoms with Crippen molar-refractivity contribution in [1.82, 2.24) is 10.3 Å². The van der Waals surface area contributed by atoms with Crippen LogP contribution in [0.25, 0.3) is 0 Å². The molecule has 2 rings (SSSR count). The molecule has 0 aliphatic carbocycles. The first kappa shape index (κ1) is 12.7. The largest absolute Gasteiger partial charge is 0.479 e. The lowest BCUT2D eigenvalue weighted by atomic mass is 9.99. The maximum absolute atomic E-state index is 11.9. The maximum atomic E-state index is 11.9. The van der Waals surface area contributed by atoms with Crippen LogP contribution in [0.15, 0.2) is 23.0 Å². The van der Waals surface area contributed by atoms with Gasteiger partial charge in [-0.2, -0.15) is 11.8 Å². The summed E-state index contributed by atoms with van der Waals surface area (Å²) in [6.45, 7) is 0. The van der Waals surface area contributed by atoms with Crippen LogP contribution in [-0.4, -0.2) is 39.0 Å². The van der Waals surface area contributed by atoms with Crippen LogP contribution in [0.1, 0.15) is 16.9 Å². The minimum absolute atomic E-state index is 0.0695. The summed E-state index contributed by atoms with van der Waals surface area (Å²) in [5.74, 6) is -0.583. The topological polar surface area (TPSA) is 99.3 Å². The number of carboxylic acids is 1. The van der Waals surface area contributed by atoms with Gasteiger partial charge in [0.1, 0.15) is 11.2 Å². The number of H-pyrrole nitrogens is 1. The van der Waals surface area contributed by atoms with Crippen LogP contribution in [0, 0.1) is 0 Å². The van der Waals surface area contributed by atoms with Crippen LogP contribution in [0.3, 0.4) is 0 Å². The molecule has 0 saturated carbocycles. The van der Waals surface area contributed by atoms with Crippen molar-refractivity contribution in [3.05, 3.63) is 34.2 Å². The Bertz CT molecular complexity index is 534. The van der Waals surface area contributed by atoms with Crippen molar-refractivity contribution in [2.24, 2.45) is 0 Å². The van der Waals surface area contributed by atoms with Crippen molar-refractivity contribution in [2.45, 2.75) is 12.0 Å². The molecule has 1 amide bonds. The van der Waals surface area contributed by atoms with Crippen LogP contribution in [0.5, 0.6) is 0 Å². The quantitative estimate of drug-likeness (QED) is 0.720. The fourth-order valence-electron chi connectivity index (χ4n) is 1.75. The van der Waals surface area contributed by atoms with Crippen LogP contribution >= 0.6 is 11.8 Å². The number of carbonyl (C=O) groups is 2. The number of thioether (sulfide) groups is 1. The first-order chi connectivity index (χ1) is 8.53. The van der Waals surface area contributed by atoms with E-state index in [0.717, 1.165) is 0 Å². The van der Waals surface area contributed by atoms with Gasteiger partial charge in [-0.05, 0) is 18.2 Å². The molecule has 6 nitrogen and oxygen atoms in total. The molecule has 2 heterocycles. The predicted molar refractivity (Wildman–Crippen MR) is 66.8 cm³/mol. The first-order valence-electron chi connectivity index (χ1n) is 5.36. The van der Waals surface area contributed by atoms with Crippen LogP contribution in [-0.2, 0) is 4.79 Å². The molecular formula is C11H12N2O4S. The zero-order chi connectivity index (χ0) is 13.2. The van der Waals surface area contributed by atoms with Gasteiger partial charge in [-0.25, -0.2) is 4.79 Å². The Morgan fingerprint density at radius 1 is 1.44 bits per heavy atom. The van der Waals surface area contributed by atoms with Gasteiger partial charge in [0.2, 0.25) is 5.56 Å². The van der Waals surface area contributed by atoms with Crippen molar-refractivity contribution >= 4 is 23.6 Å². The standard InChI is InChI=1S/C11H12N2O4S/c14-8-3-1-2-7(12-8)9(15)13-11(10(16)17)4-5-18-6-11/h1-3H,4-6H2,(H,12,14)(H,13,15)(H,16,17). The van der Waals surface area contributed by atoms with E-state index in [1.165, 1.54) is 30.0 Å². The van der Waals surface area contributed by atoms with E-state index in [1.54, 1.807) is 0 Å². The summed E-state index contributed by atoms with van der Waals surface area (Å²) in [7, 11) is 0. The molecule has 1 aromatic heterocycles. The molecule has 0 radical (unpaired) electrons. The molecule has 1 aliphatic rings. The Morgan fingerprint density at radius 2 is 2.22 bits per heavy atom. The van der Waals surface area contributed by atoms with Crippen molar-refractivity contribution in [3.8, 4) is 0 Å². The van der Waals surface area contributed by atoms with E-state index < -0.39 is 23.0 Å². The Morgan fingerprint density at radius 3 is 2.78 bits per heavy atom. The first-order valence-corrected chi connectivity index (χ1v) is 6.52. The molecule has 96 valence electrons. The van der Waals surface area contributed by atoms with Gasteiger partial charge in [0.25, 0.3) is 5.91 Å². The smallest absolute Gasteiger partial charge is 0.330 e. The van der Waals surface area contributed by atoms with Gasteiger partial charge in [-0.3, -0.25) is 9.59 Å². The number of carbonyl (C=O) groups excluding carboxylic acids is 1. The molecule has 1 aliphatic heterocycles. The zero-order valence-electron chi connectivity index (χ0n) is 9.43. The fraction of sp³-hybridized carbons (Fsp3) is 0.364. The third-order valence-corrected chi connectivity index (χ3v) is 3.99. The highest BCUT2D eigenvalue weighted by atomic mass is 32.2. The number of amides is 1. The van der Waals surface area contributed by atoms with Crippen molar-refractivity contribution < 1.29 is 14.7 Å². The molecule has 18 heavy (non-hydrogen) atoms. The number of hydrogen-bond acceptors (Lipinski definition) is 4. The maximum Gasteiger partial charge on any atom is 0.330 e. The van der Waals surface area contributed by atoms with E-state index in [0.29, 0.717) is 17.9 Å². The number of rotatable bonds is 3. The number of aromatic nitrogens is 1. The highest BCUT2D eigenvalue weighted by Crippen LogP contribution is 2.28. The van der Waals surface area contributed by atoms with E-state index in [1.807, 2.05) is 0 Å². The summed E-state index contributed by atoms with van der Waals surface area (Å²) in [5.41, 5.74) is -1.55. The average Bonchev–Trinajstić information content (AvgIpc) is 2.79. The summed E-state index contributed by atoms with van der Waals surface area (Å²) in [6, 6.07) is 4.17. The lowest BCUT2D eigenvalue weighted by Crippen LogP contribution is -2.55. The SMILES string of the molecule is O=C(NC1(C(=O)O)CCSC1)c1cccc(=O)[nH]1. The van der Waals surface area contributed by atoms with Crippen molar-refractivity contribution in [1.29, 1.82) is 0 Å². The van der Waals surface area contributed by atoms with E-state index in [9.17, 15) is 19.5 Å². The molecule has 7 heteroatoms. The number of pyridine rings is 1. The molecule has 3 N–H and O–H groups in total. The summed E-state index contributed by atoms with van der Waals surface area (Å²) in [6.07, 6.45) is 0.385. The Balaban J connectivity index is 2.20. The molecule has 0 spiro atoms. The van der Waals surface area contributed by atoms with Gasteiger partial charge in [-0.15, -0.1) is 0 Å². The van der Waals surface area contributed by atoms with Crippen molar-refractivity contribution in [2.75, 3.05) is 11.5 Å². The Labute approximate surface area is 107 Å². The van der Waals surface area contributed by atoms with Gasteiger partial charge >= 0.3 is 5.97 Å². The molecule has 1 atom stereocenters. The second-order valence-electron chi connectivity index (χ2n) is 4.07. The van der Waals surface area contributed by atoms with Gasteiger partial charge in [0.05, 0.1) is 0 Å². The number of carboxylic acid groups (broad SMARTS) is 1. The molecule has 1 aromatic rings. The molecule has 1 fully saturated rings. The molecule has 1 saturated heterocycles. The van der Waals surface area contributed by atoms with E-state index >= 15 is 0 Å². The highest BCUT2D eigenvalue weighted by Gasteiger charge is 2.43. The highest BCUT2D eigenvalue weighted by molar-refractivity contribution is 7.99. The molecular weight excluding hydrogens is 256 g/mol. The predicted octanol–water partition coefficient (Wildman–Crippen LogP) is 0.0650. The molecule has 0 bridgehead atoms. The van der Waals surface area contributed by atoms with E-state index in [-0.39, 0.29) is 5.69 Å². The Kier molecular flexibility index (Phi) is 3.42. The monoisotopic (exact) mass is 268 g/mol. The third-order valence-electron chi connectivity index (χ3n) is 2.80. The van der Waals surface area contributed by atoms with Crippen LogP contribution in [0.2, 0.25) is 0 Å². The van der Waals surface area contributed by atoms with Crippen molar-refractivity contribution in [3.63, 3.8) is 0 Å². The number of nitrogens with one attached hydrogen (secondary N) is 2. The fourth-order valence-corrected chi connectivity index (χ4v) is 3.08. The second-order valence-corrected chi connectivity index (χ2v) is 5.18. The van der Waals surface area contributed by atoms with Crippen LogP contribution < -0.4 is 10.9 Å². The normalized spacial score (nSPS) is 22.7. The number of aromatic amines is 1. The van der Waals surface area contributed by atoms with Gasteiger partial charge in [-0.1, -0.05) is 6.07 Å². The number of aliphatic carboxylic acids is 1. The van der Waals surface area contributed by atoms with E-state index in [4.69, 9.17) is 0 Å². The average molecular weight is 268 g/mol. The van der Waals surface area contributed by atoms with Crippen LogP contribution in [0.4, 0.5) is 0 Å². The summed E-state index contributed by atoms with van der Waals surface area (Å²) < 4.78 is 0. The summed E-state index contributed by atoms with van der Waals surface area (Å²) in [4.78, 5) is 36.6. The molecule has 1 unspecified atom stereocenters. The van der Waals surface area contributed by atoms with E-state index in [2.05, 4.69) is 10.3 Å². The molecule has 0 aromatic carbocycles. The second kappa shape index (κ2) is 4.85. The zero-order valence-corrected chi connectivity index (χ0v) is 10.3. The van der Waals surface area contributed by atoms with Gasteiger partial charge in [0.15, 0.2) is 0 Å². The summed E-state index contributed by atoms with van der Waals surface area (Å²) >= 11 is 1.48. The lowest BCUT2D eigenvalue weighted by Gasteiger charge is -2.24. The minimum atomic E-state index is -1.23. The summed E-state index contributed by atoms with van der Waals surface area (Å²) in [5, 5.41) is 11.7. The minimum Gasteiger partial charge on any atom is -0.479 e.